The van der Waals surface area contributed by atoms with E-state index in [4.69, 9.17) is 0 Å². The fraction of sp³-hybridized carbons (Fsp3) is 0.600. The molecule has 0 saturated heterocycles. The summed E-state index contributed by atoms with van der Waals surface area (Å²) in [7, 11) is 1.92. The maximum atomic E-state index is 12.3. The topological polar surface area (TPSA) is 72.7 Å². The fourth-order valence-electron chi connectivity index (χ4n) is 2.68. The van der Waals surface area contributed by atoms with Crippen LogP contribution in [0.1, 0.15) is 50.0 Å². The molecule has 0 spiro atoms. The third-order valence-electron chi connectivity index (χ3n) is 4.05. The van der Waals surface area contributed by atoms with Crippen LogP contribution in [0.25, 0.3) is 0 Å². The van der Waals surface area contributed by atoms with Crippen molar-refractivity contribution in [2.45, 2.75) is 55.4 Å². The molecule has 6 nitrogen and oxygen atoms in total. The standard InChI is InChI=1S/C15H21N5OS2/c1-10(22-15-16-8-9-20(15)2)12(21)17-14-19-18-13(23-14)11-6-4-3-5-7-11/h8-11H,3-7H2,1-2H3,(H,17,19,21). The summed E-state index contributed by atoms with van der Waals surface area (Å²) in [5.74, 6) is 0.454. The van der Waals surface area contributed by atoms with Gasteiger partial charge >= 0.3 is 0 Å². The van der Waals surface area contributed by atoms with Gasteiger partial charge in [-0.1, -0.05) is 42.4 Å². The molecule has 1 fully saturated rings. The molecular weight excluding hydrogens is 330 g/mol. The van der Waals surface area contributed by atoms with Crippen LogP contribution in [0.4, 0.5) is 5.13 Å². The highest BCUT2D eigenvalue weighted by atomic mass is 32.2. The molecule has 0 bridgehead atoms. The molecule has 3 rings (SSSR count). The minimum absolute atomic E-state index is 0.0654. The van der Waals surface area contributed by atoms with Crippen molar-refractivity contribution in [2.75, 3.05) is 5.32 Å². The Kier molecular flexibility index (Phi) is 5.32. The van der Waals surface area contributed by atoms with Crippen molar-refractivity contribution >= 4 is 34.1 Å². The van der Waals surface area contributed by atoms with Crippen LogP contribution in [-0.2, 0) is 11.8 Å². The average Bonchev–Trinajstić information content (AvgIpc) is 3.18. The zero-order valence-corrected chi connectivity index (χ0v) is 15.0. The molecule has 2 heterocycles. The van der Waals surface area contributed by atoms with Gasteiger partial charge in [0, 0.05) is 25.4 Å². The lowest BCUT2D eigenvalue weighted by atomic mass is 9.90. The number of thioether (sulfide) groups is 1. The lowest BCUT2D eigenvalue weighted by Crippen LogP contribution is -2.22. The molecule has 8 heteroatoms. The summed E-state index contributed by atoms with van der Waals surface area (Å²) in [5.41, 5.74) is 0. The van der Waals surface area contributed by atoms with Gasteiger partial charge in [-0.05, 0) is 19.8 Å². The normalized spacial score (nSPS) is 17.1. The largest absolute Gasteiger partial charge is 0.329 e. The first-order valence-electron chi connectivity index (χ1n) is 7.91. The molecule has 1 atom stereocenters. The molecule has 0 aliphatic heterocycles. The van der Waals surface area contributed by atoms with Crippen molar-refractivity contribution in [3.8, 4) is 0 Å². The van der Waals surface area contributed by atoms with Gasteiger partial charge in [-0.2, -0.15) is 0 Å². The van der Waals surface area contributed by atoms with Crippen molar-refractivity contribution in [2.24, 2.45) is 7.05 Å². The molecule has 1 N–H and O–H groups in total. The summed E-state index contributed by atoms with van der Waals surface area (Å²) in [6.07, 6.45) is 9.83. The smallest absolute Gasteiger partial charge is 0.239 e. The summed E-state index contributed by atoms with van der Waals surface area (Å²) in [5, 5.41) is 13.5. The Balaban J connectivity index is 1.57. The summed E-state index contributed by atoms with van der Waals surface area (Å²) in [4.78, 5) is 16.5. The van der Waals surface area contributed by atoms with Gasteiger partial charge < -0.3 is 4.57 Å². The predicted octanol–water partition coefficient (Wildman–Crippen LogP) is 3.44. The second kappa shape index (κ2) is 7.44. The highest BCUT2D eigenvalue weighted by Crippen LogP contribution is 2.35. The third-order valence-corrected chi connectivity index (χ3v) is 6.23. The summed E-state index contributed by atoms with van der Waals surface area (Å²) in [6, 6.07) is 0. The number of amides is 1. The van der Waals surface area contributed by atoms with E-state index in [2.05, 4.69) is 20.5 Å². The summed E-state index contributed by atoms with van der Waals surface area (Å²) >= 11 is 2.95. The van der Waals surface area contributed by atoms with Gasteiger partial charge in [-0.15, -0.1) is 10.2 Å². The number of imidazole rings is 1. The molecule has 124 valence electrons. The molecule has 1 aliphatic rings. The Labute approximate surface area is 144 Å². The minimum Gasteiger partial charge on any atom is -0.329 e. The number of carbonyl (C=O) groups is 1. The van der Waals surface area contributed by atoms with E-state index >= 15 is 0 Å². The zero-order valence-electron chi connectivity index (χ0n) is 13.4. The van der Waals surface area contributed by atoms with Crippen molar-refractivity contribution in [3.63, 3.8) is 0 Å². The molecule has 0 aromatic carbocycles. The van der Waals surface area contributed by atoms with E-state index in [0.717, 1.165) is 10.2 Å². The molecule has 1 amide bonds. The number of aryl methyl sites for hydroxylation is 1. The Morgan fingerprint density at radius 2 is 2.17 bits per heavy atom. The van der Waals surface area contributed by atoms with Crippen LogP contribution in [0.3, 0.4) is 0 Å². The maximum Gasteiger partial charge on any atom is 0.239 e. The second-order valence-corrected chi connectivity index (χ2v) is 8.17. The van der Waals surface area contributed by atoms with E-state index in [1.54, 1.807) is 6.20 Å². The molecule has 2 aromatic heterocycles. The summed E-state index contributed by atoms with van der Waals surface area (Å²) < 4.78 is 1.90. The van der Waals surface area contributed by atoms with Gasteiger partial charge in [0.2, 0.25) is 11.0 Å². The van der Waals surface area contributed by atoms with Crippen LogP contribution in [0.2, 0.25) is 0 Å². The van der Waals surface area contributed by atoms with Gasteiger partial charge in [0.25, 0.3) is 0 Å². The van der Waals surface area contributed by atoms with E-state index in [0.29, 0.717) is 11.0 Å². The van der Waals surface area contributed by atoms with Gasteiger partial charge in [0.1, 0.15) is 5.01 Å². The number of aromatic nitrogens is 4. The molecule has 2 aromatic rings. The van der Waals surface area contributed by atoms with Gasteiger partial charge in [-0.3, -0.25) is 10.1 Å². The quantitative estimate of drug-likeness (QED) is 0.836. The number of nitrogens with zero attached hydrogens (tertiary/aromatic N) is 4. The number of carbonyl (C=O) groups excluding carboxylic acids is 1. The Morgan fingerprint density at radius 1 is 1.39 bits per heavy atom. The highest BCUT2D eigenvalue weighted by Gasteiger charge is 2.22. The Bertz CT molecular complexity index is 662. The van der Waals surface area contributed by atoms with E-state index in [-0.39, 0.29) is 11.2 Å². The lowest BCUT2D eigenvalue weighted by Gasteiger charge is -2.18. The Hall–Kier alpha value is -1.41. The number of hydrogen-bond acceptors (Lipinski definition) is 6. The van der Waals surface area contributed by atoms with E-state index in [1.165, 1.54) is 55.2 Å². The maximum absolute atomic E-state index is 12.3. The fourth-order valence-corrected chi connectivity index (χ4v) is 4.43. The SMILES string of the molecule is CC(Sc1nccn1C)C(=O)Nc1nnc(C2CCCCC2)s1. The van der Waals surface area contributed by atoms with Crippen LogP contribution in [0.5, 0.6) is 0 Å². The van der Waals surface area contributed by atoms with Crippen LogP contribution < -0.4 is 5.32 Å². The molecule has 1 saturated carbocycles. The summed E-state index contributed by atoms with van der Waals surface area (Å²) in [6.45, 7) is 1.87. The van der Waals surface area contributed by atoms with Crippen LogP contribution in [0, 0.1) is 0 Å². The number of hydrogen-bond donors (Lipinski definition) is 1. The predicted molar refractivity (Wildman–Crippen MR) is 92.9 cm³/mol. The first-order chi connectivity index (χ1) is 11.1. The number of rotatable bonds is 5. The van der Waals surface area contributed by atoms with Crippen molar-refractivity contribution in [1.82, 2.24) is 19.7 Å². The van der Waals surface area contributed by atoms with E-state index < -0.39 is 0 Å². The molecular formula is C15H21N5OS2. The van der Waals surface area contributed by atoms with Crippen LogP contribution in [-0.4, -0.2) is 30.9 Å². The average molecular weight is 352 g/mol. The van der Waals surface area contributed by atoms with Crippen molar-refractivity contribution < 1.29 is 4.79 Å². The number of nitrogens with one attached hydrogen (secondary N) is 1. The van der Waals surface area contributed by atoms with E-state index in [9.17, 15) is 4.79 Å². The molecule has 23 heavy (non-hydrogen) atoms. The molecule has 1 aliphatic carbocycles. The number of anilines is 1. The third kappa shape index (κ3) is 4.11. The van der Waals surface area contributed by atoms with Crippen LogP contribution in [0.15, 0.2) is 17.6 Å². The first-order valence-corrected chi connectivity index (χ1v) is 9.61. The highest BCUT2D eigenvalue weighted by molar-refractivity contribution is 8.00. The molecule has 1 unspecified atom stereocenters. The van der Waals surface area contributed by atoms with Gasteiger partial charge in [0.05, 0.1) is 5.25 Å². The zero-order chi connectivity index (χ0) is 16.2. The first kappa shape index (κ1) is 16.4. The molecule has 0 radical (unpaired) electrons. The minimum atomic E-state index is -0.238. The Morgan fingerprint density at radius 3 is 2.87 bits per heavy atom. The second-order valence-electron chi connectivity index (χ2n) is 5.85. The van der Waals surface area contributed by atoms with Crippen molar-refractivity contribution in [3.05, 3.63) is 17.4 Å². The lowest BCUT2D eigenvalue weighted by molar-refractivity contribution is -0.115. The monoisotopic (exact) mass is 351 g/mol. The van der Waals surface area contributed by atoms with E-state index in [1.807, 2.05) is 24.7 Å². The van der Waals surface area contributed by atoms with Crippen molar-refractivity contribution in [1.29, 1.82) is 0 Å². The van der Waals surface area contributed by atoms with Crippen LogP contribution >= 0.6 is 23.1 Å². The van der Waals surface area contributed by atoms with Gasteiger partial charge in [-0.25, -0.2) is 4.98 Å². The van der Waals surface area contributed by atoms with Gasteiger partial charge in [0.15, 0.2) is 5.16 Å².